The Hall–Kier alpha value is -3.01. The number of ether oxygens (including phenoxy) is 1. The van der Waals surface area contributed by atoms with Crippen molar-refractivity contribution in [2.45, 2.75) is 32.6 Å². The maximum Gasteiger partial charge on any atom is 0.264 e. The van der Waals surface area contributed by atoms with E-state index in [1.54, 1.807) is 22.5 Å². The molecule has 36 heavy (non-hydrogen) atoms. The number of fused-ring (bicyclic) bond motifs is 2. The summed E-state index contributed by atoms with van der Waals surface area (Å²) in [4.78, 5) is 17.1. The molecule has 0 aliphatic heterocycles. The van der Waals surface area contributed by atoms with E-state index >= 15 is 0 Å². The summed E-state index contributed by atoms with van der Waals surface area (Å²) >= 11 is 1.24. The SMILES string of the molecule is CC(C)CN(CC(C)C)S(=O)(=O)c1ccc2nc(NC(=O)COc3ccc4ccccc4c3)sc2c1. The highest BCUT2D eigenvalue weighted by atomic mass is 32.2. The molecule has 0 saturated heterocycles. The van der Waals surface area contributed by atoms with E-state index in [2.05, 4.69) is 10.3 Å². The number of amides is 1. The average molecular weight is 526 g/mol. The first-order valence-corrected chi connectivity index (χ1v) is 14.2. The molecule has 0 aliphatic carbocycles. The van der Waals surface area contributed by atoms with Crippen LogP contribution in [-0.4, -0.2) is 43.3 Å². The van der Waals surface area contributed by atoms with Crippen molar-refractivity contribution in [3.05, 3.63) is 60.7 Å². The van der Waals surface area contributed by atoms with E-state index < -0.39 is 10.0 Å². The number of carbonyl (C=O) groups excluding carboxylic acids is 1. The molecular weight excluding hydrogens is 494 g/mol. The van der Waals surface area contributed by atoms with Crippen LogP contribution < -0.4 is 10.1 Å². The van der Waals surface area contributed by atoms with Crippen molar-refractivity contribution < 1.29 is 17.9 Å². The molecule has 9 heteroatoms. The van der Waals surface area contributed by atoms with E-state index in [1.807, 2.05) is 70.2 Å². The van der Waals surface area contributed by atoms with Crippen LogP contribution in [0.1, 0.15) is 27.7 Å². The van der Waals surface area contributed by atoms with Gasteiger partial charge >= 0.3 is 0 Å². The summed E-state index contributed by atoms with van der Waals surface area (Å²) < 4.78 is 34.6. The number of thiazole rings is 1. The number of sulfonamides is 1. The smallest absolute Gasteiger partial charge is 0.264 e. The predicted molar refractivity (Wildman–Crippen MR) is 146 cm³/mol. The molecule has 4 rings (SSSR count). The molecule has 7 nitrogen and oxygen atoms in total. The van der Waals surface area contributed by atoms with Gasteiger partial charge in [-0.05, 0) is 52.9 Å². The van der Waals surface area contributed by atoms with Gasteiger partial charge in [-0.2, -0.15) is 4.31 Å². The maximum atomic E-state index is 13.4. The van der Waals surface area contributed by atoms with Gasteiger partial charge in [-0.3, -0.25) is 10.1 Å². The molecule has 1 N–H and O–H groups in total. The van der Waals surface area contributed by atoms with Crippen molar-refractivity contribution in [1.29, 1.82) is 0 Å². The first kappa shape index (κ1) is 26.1. The Bertz CT molecular complexity index is 1470. The molecule has 0 unspecified atom stereocenters. The number of hydrogen-bond acceptors (Lipinski definition) is 6. The van der Waals surface area contributed by atoms with Gasteiger partial charge in [0.25, 0.3) is 5.91 Å². The highest BCUT2D eigenvalue weighted by Crippen LogP contribution is 2.30. The fourth-order valence-corrected chi connectivity index (χ4v) is 6.70. The molecule has 0 radical (unpaired) electrons. The number of nitrogens with zero attached hydrogens (tertiary/aromatic N) is 2. The summed E-state index contributed by atoms with van der Waals surface area (Å²) in [6.45, 7) is 8.79. The van der Waals surface area contributed by atoms with Gasteiger partial charge in [0.2, 0.25) is 10.0 Å². The monoisotopic (exact) mass is 525 g/mol. The fraction of sp³-hybridized carbons (Fsp3) is 0.333. The second kappa shape index (κ2) is 10.9. The zero-order valence-electron chi connectivity index (χ0n) is 20.9. The zero-order chi connectivity index (χ0) is 25.9. The summed E-state index contributed by atoms with van der Waals surface area (Å²) in [6.07, 6.45) is 0. The van der Waals surface area contributed by atoms with Gasteiger partial charge in [0.15, 0.2) is 11.7 Å². The summed E-state index contributed by atoms with van der Waals surface area (Å²) in [6, 6.07) is 18.5. The maximum absolute atomic E-state index is 13.4. The molecule has 0 spiro atoms. The van der Waals surface area contributed by atoms with Crippen LogP contribution in [0.15, 0.2) is 65.6 Å². The Kier molecular flexibility index (Phi) is 7.92. The Morgan fingerprint density at radius 3 is 2.36 bits per heavy atom. The molecular formula is C27H31N3O4S2. The Morgan fingerprint density at radius 2 is 1.67 bits per heavy atom. The van der Waals surface area contributed by atoms with Gasteiger partial charge in [-0.1, -0.05) is 69.4 Å². The van der Waals surface area contributed by atoms with Crippen LogP contribution in [0.25, 0.3) is 21.0 Å². The van der Waals surface area contributed by atoms with Gasteiger partial charge in [0.05, 0.1) is 15.1 Å². The van der Waals surface area contributed by atoms with Crippen molar-refractivity contribution in [3.8, 4) is 5.75 Å². The lowest BCUT2D eigenvalue weighted by molar-refractivity contribution is -0.118. The standard InChI is InChI=1S/C27H31N3O4S2/c1-18(2)15-30(16-19(3)4)36(32,33)23-11-12-24-25(14-23)35-27(28-24)29-26(31)17-34-22-10-9-20-7-5-6-8-21(20)13-22/h5-14,18-19H,15-17H2,1-4H3,(H,28,29,31). The lowest BCUT2D eigenvalue weighted by Crippen LogP contribution is -2.37. The summed E-state index contributed by atoms with van der Waals surface area (Å²) in [5.41, 5.74) is 0.629. The molecule has 0 saturated carbocycles. The van der Waals surface area contributed by atoms with Crippen LogP contribution >= 0.6 is 11.3 Å². The van der Waals surface area contributed by atoms with E-state index in [-0.39, 0.29) is 29.2 Å². The van der Waals surface area contributed by atoms with E-state index in [4.69, 9.17) is 4.74 Å². The van der Waals surface area contributed by atoms with Crippen LogP contribution in [-0.2, 0) is 14.8 Å². The fourth-order valence-electron chi connectivity index (χ4n) is 3.91. The van der Waals surface area contributed by atoms with E-state index in [1.165, 1.54) is 11.3 Å². The van der Waals surface area contributed by atoms with Gasteiger partial charge in [0, 0.05) is 13.1 Å². The predicted octanol–water partition coefficient (Wildman–Crippen LogP) is 5.77. The van der Waals surface area contributed by atoms with Gasteiger partial charge < -0.3 is 4.74 Å². The van der Waals surface area contributed by atoms with Crippen LogP contribution in [0.2, 0.25) is 0 Å². The topological polar surface area (TPSA) is 88.6 Å². The molecule has 0 bridgehead atoms. The molecule has 0 aliphatic rings. The number of rotatable bonds is 10. The van der Waals surface area contributed by atoms with Gasteiger partial charge in [0.1, 0.15) is 5.75 Å². The van der Waals surface area contributed by atoms with Crippen LogP contribution in [0, 0.1) is 11.8 Å². The van der Waals surface area contributed by atoms with Gasteiger partial charge in [-0.15, -0.1) is 0 Å². The van der Waals surface area contributed by atoms with Crippen molar-refractivity contribution >= 4 is 53.4 Å². The third-order valence-electron chi connectivity index (χ3n) is 5.47. The summed E-state index contributed by atoms with van der Waals surface area (Å²) in [7, 11) is -3.65. The third-order valence-corrected chi connectivity index (χ3v) is 8.23. The second-order valence-electron chi connectivity index (χ2n) is 9.60. The minimum atomic E-state index is -3.65. The summed E-state index contributed by atoms with van der Waals surface area (Å²) in [5, 5.41) is 5.29. The lowest BCUT2D eigenvalue weighted by Gasteiger charge is -2.25. The Balaban J connectivity index is 1.45. The molecule has 1 aromatic heterocycles. The molecule has 0 fully saturated rings. The molecule has 0 atom stereocenters. The first-order chi connectivity index (χ1) is 17.1. The Labute approximate surface area is 216 Å². The Morgan fingerprint density at radius 1 is 0.972 bits per heavy atom. The van der Waals surface area contributed by atoms with Crippen molar-refractivity contribution in [2.24, 2.45) is 11.8 Å². The molecule has 190 valence electrons. The van der Waals surface area contributed by atoms with Crippen LogP contribution in [0.5, 0.6) is 5.75 Å². The lowest BCUT2D eigenvalue weighted by atomic mass is 10.1. The zero-order valence-corrected chi connectivity index (χ0v) is 22.5. The number of hydrogen-bond donors (Lipinski definition) is 1. The minimum absolute atomic E-state index is 0.159. The third kappa shape index (κ3) is 6.21. The average Bonchev–Trinajstić information content (AvgIpc) is 3.23. The molecule has 4 aromatic rings. The van der Waals surface area contributed by atoms with Crippen molar-refractivity contribution in [1.82, 2.24) is 9.29 Å². The van der Waals surface area contributed by atoms with Crippen LogP contribution in [0.3, 0.4) is 0 Å². The highest BCUT2D eigenvalue weighted by Gasteiger charge is 2.26. The normalized spacial score (nSPS) is 12.2. The molecule has 1 amide bonds. The molecule has 1 heterocycles. The number of benzene rings is 3. The molecule has 3 aromatic carbocycles. The first-order valence-electron chi connectivity index (χ1n) is 11.9. The van der Waals surface area contributed by atoms with E-state index in [0.29, 0.717) is 34.2 Å². The van der Waals surface area contributed by atoms with Crippen LogP contribution in [0.4, 0.5) is 5.13 Å². The van der Waals surface area contributed by atoms with Gasteiger partial charge in [-0.25, -0.2) is 13.4 Å². The van der Waals surface area contributed by atoms with Crippen molar-refractivity contribution in [2.75, 3.05) is 25.0 Å². The minimum Gasteiger partial charge on any atom is -0.484 e. The second-order valence-corrected chi connectivity index (χ2v) is 12.6. The van der Waals surface area contributed by atoms with E-state index in [0.717, 1.165) is 10.8 Å². The van der Waals surface area contributed by atoms with Crippen molar-refractivity contribution in [3.63, 3.8) is 0 Å². The largest absolute Gasteiger partial charge is 0.484 e. The highest BCUT2D eigenvalue weighted by molar-refractivity contribution is 7.89. The number of nitrogens with one attached hydrogen (secondary N) is 1. The number of anilines is 1. The quantitative estimate of drug-likeness (QED) is 0.284. The number of aromatic nitrogens is 1. The summed E-state index contributed by atoms with van der Waals surface area (Å²) in [5.74, 6) is 0.694. The number of carbonyl (C=O) groups is 1. The van der Waals surface area contributed by atoms with E-state index in [9.17, 15) is 13.2 Å².